The minimum absolute atomic E-state index is 0.205. The van der Waals surface area contributed by atoms with Gasteiger partial charge in [-0.1, -0.05) is 66.2 Å². The van der Waals surface area contributed by atoms with E-state index >= 15 is 0 Å². The van der Waals surface area contributed by atoms with Crippen molar-refractivity contribution in [2.45, 2.75) is 39.2 Å². The molecule has 1 aliphatic heterocycles. The maximum atomic E-state index is 12.1. The zero-order valence-corrected chi connectivity index (χ0v) is 15.9. The molecule has 0 unspecified atom stereocenters. The lowest BCUT2D eigenvalue weighted by Crippen LogP contribution is -2.40. The van der Waals surface area contributed by atoms with Crippen LogP contribution in [0.15, 0.2) is 60.2 Å². The van der Waals surface area contributed by atoms with Crippen LogP contribution in [0.3, 0.4) is 0 Å². The van der Waals surface area contributed by atoms with Gasteiger partial charge in [0.1, 0.15) is 5.60 Å². The Morgan fingerprint density at radius 1 is 0.923 bits per heavy atom. The summed E-state index contributed by atoms with van der Waals surface area (Å²) >= 11 is 0. The molecule has 0 atom stereocenters. The first-order valence-electron chi connectivity index (χ1n) is 9.23. The Bertz CT molecular complexity index is 760. The van der Waals surface area contributed by atoms with Crippen molar-refractivity contribution in [3.8, 4) is 11.1 Å². The third-order valence-electron chi connectivity index (χ3n) is 4.45. The molecule has 0 bridgehead atoms. The predicted octanol–water partition coefficient (Wildman–Crippen LogP) is 5.77. The predicted molar refractivity (Wildman–Crippen MR) is 107 cm³/mol. The van der Waals surface area contributed by atoms with Gasteiger partial charge in [0.2, 0.25) is 0 Å². The summed E-state index contributed by atoms with van der Waals surface area (Å²) in [4.78, 5) is 13.9. The fraction of sp³-hybridized carbons (Fsp3) is 0.348. The van der Waals surface area contributed by atoms with Crippen molar-refractivity contribution in [3.63, 3.8) is 0 Å². The highest BCUT2D eigenvalue weighted by atomic mass is 16.6. The van der Waals surface area contributed by atoms with Crippen LogP contribution in [0.5, 0.6) is 0 Å². The van der Waals surface area contributed by atoms with Crippen molar-refractivity contribution in [1.29, 1.82) is 0 Å². The molecular weight excluding hydrogens is 322 g/mol. The number of rotatable bonds is 2. The summed E-state index contributed by atoms with van der Waals surface area (Å²) in [7, 11) is 0. The first-order chi connectivity index (χ1) is 12.4. The largest absolute Gasteiger partial charge is 0.444 e. The molecule has 2 aromatic carbocycles. The molecule has 1 aliphatic rings. The number of hydrogen-bond donors (Lipinski definition) is 0. The van der Waals surface area contributed by atoms with E-state index in [0.29, 0.717) is 0 Å². The first kappa shape index (κ1) is 18.2. The molecule has 0 radical (unpaired) electrons. The molecule has 3 rings (SSSR count). The summed E-state index contributed by atoms with van der Waals surface area (Å²) in [5, 5.41) is 0. The molecule has 0 N–H and O–H groups in total. The van der Waals surface area contributed by atoms with Gasteiger partial charge in [0, 0.05) is 13.1 Å². The molecule has 136 valence electrons. The second kappa shape index (κ2) is 7.77. The average molecular weight is 349 g/mol. The van der Waals surface area contributed by atoms with Crippen LogP contribution in [0, 0.1) is 0 Å². The van der Waals surface area contributed by atoms with Gasteiger partial charge in [-0.3, -0.25) is 0 Å². The molecule has 1 amide bonds. The number of carbonyl (C=O) groups is 1. The van der Waals surface area contributed by atoms with Gasteiger partial charge in [-0.05, 0) is 50.3 Å². The Morgan fingerprint density at radius 3 is 2.08 bits per heavy atom. The number of amides is 1. The van der Waals surface area contributed by atoms with E-state index in [1.165, 1.54) is 22.3 Å². The van der Waals surface area contributed by atoms with Crippen molar-refractivity contribution in [1.82, 2.24) is 4.90 Å². The standard InChI is InChI=1S/C23H27NO2/c1-23(2,3)26-22(25)24-15-13-19(14-16-24)17-18-9-11-21(12-10-18)20-7-5-4-6-8-20/h4-12,17H,13-16H2,1-3H3. The Morgan fingerprint density at radius 2 is 1.50 bits per heavy atom. The smallest absolute Gasteiger partial charge is 0.410 e. The minimum atomic E-state index is -0.437. The summed E-state index contributed by atoms with van der Waals surface area (Å²) in [6, 6.07) is 19.1. The van der Waals surface area contributed by atoms with Gasteiger partial charge < -0.3 is 9.64 Å². The van der Waals surface area contributed by atoms with Crippen molar-refractivity contribution in [2.75, 3.05) is 13.1 Å². The van der Waals surface area contributed by atoms with Crippen LogP contribution >= 0.6 is 0 Å². The number of ether oxygens (including phenoxy) is 1. The maximum Gasteiger partial charge on any atom is 0.410 e. The summed E-state index contributed by atoms with van der Waals surface area (Å²) in [6.07, 6.45) is 3.85. The van der Waals surface area contributed by atoms with Crippen LogP contribution in [0.4, 0.5) is 4.79 Å². The van der Waals surface area contributed by atoms with Crippen LogP contribution < -0.4 is 0 Å². The van der Waals surface area contributed by atoms with E-state index in [1.54, 1.807) is 4.90 Å². The Balaban J connectivity index is 1.59. The average Bonchev–Trinajstić information content (AvgIpc) is 2.62. The zero-order chi connectivity index (χ0) is 18.6. The molecule has 0 spiro atoms. The van der Waals surface area contributed by atoms with Crippen LogP contribution in [-0.4, -0.2) is 29.7 Å². The van der Waals surface area contributed by atoms with Gasteiger partial charge >= 0.3 is 6.09 Å². The van der Waals surface area contributed by atoms with E-state index in [1.807, 2.05) is 26.8 Å². The van der Waals surface area contributed by atoms with Crippen LogP contribution in [-0.2, 0) is 4.74 Å². The normalized spacial score (nSPS) is 14.9. The number of likely N-dealkylation sites (tertiary alicyclic amines) is 1. The molecule has 1 saturated heterocycles. The molecule has 2 aromatic rings. The fourth-order valence-electron chi connectivity index (χ4n) is 3.09. The summed E-state index contributed by atoms with van der Waals surface area (Å²) in [5.74, 6) is 0. The van der Waals surface area contributed by atoms with Crippen LogP contribution in [0.25, 0.3) is 17.2 Å². The molecule has 1 heterocycles. The number of hydrogen-bond acceptors (Lipinski definition) is 2. The lowest BCUT2D eigenvalue weighted by molar-refractivity contribution is 0.0237. The molecular formula is C23H27NO2. The van der Waals surface area contributed by atoms with Crippen molar-refractivity contribution < 1.29 is 9.53 Å². The molecule has 0 saturated carbocycles. The first-order valence-corrected chi connectivity index (χ1v) is 9.23. The molecule has 0 aliphatic carbocycles. The topological polar surface area (TPSA) is 29.5 Å². The quantitative estimate of drug-likeness (QED) is 0.689. The van der Waals surface area contributed by atoms with Gasteiger partial charge in [0.15, 0.2) is 0 Å². The third kappa shape index (κ3) is 4.98. The molecule has 1 fully saturated rings. The van der Waals surface area contributed by atoms with E-state index < -0.39 is 5.60 Å². The Kier molecular flexibility index (Phi) is 5.46. The molecule has 26 heavy (non-hydrogen) atoms. The zero-order valence-electron chi connectivity index (χ0n) is 15.9. The molecule has 0 aromatic heterocycles. The van der Waals surface area contributed by atoms with Crippen molar-refractivity contribution >= 4 is 12.2 Å². The van der Waals surface area contributed by atoms with Crippen LogP contribution in [0.2, 0.25) is 0 Å². The van der Waals surface area contributed by atoms with Crippen molar-refractivity contribution in [3.05, 3.63) is 65.7 Å². The maximum absolute atomic E-state index is 12.1. The van der Waals surface area contributed by atoms with E-state index in [4.69, 9.17) is 4.74 Å². The number of carbonyl (C=O) groups excluding carboxylic acids is 1. The number of piperidine rings is 1. The fourth-order valence-corrected chi connectivity index (χ4v) is 3.09. The van der Waals surface area contributed by atoms with Crippen molar-refractivity contribution in [2.24, 2.45) is 0 Å². The summed E-state index contributed by atoms with van der Waals surface area (Å²) in [6.45, 7) is 7.16. The second-order valence-electron chi connectivity index (χ2n) is 7.76. The second-order valence-corrected chi connectivity index (χ2v) is 7.76. The van der Waals surface area contributed by atoms with Gasteiger partial charge in [-0.15, -0.1) is 0 Å². The monoisotopic (exact) mass is 349 g/mol. The molecule has 3 heteroatoms. The van der Waals surface area contributed by atoms with Gasteiger partial charge in [-0.2, -0.15) is 0 Å². The Labute approximate surface area is 156 Å². The van der Waals surface area contributed by atoms with Gasteiger partial charge in [0.05, 0.1) is 0 Å². The third-order valence-corrected chi connectivity index (χ3v) is 4.45. The van der Waals surface area contributed by atoms with E-state index in [9.17, 15) is 4.79 Å². The Hall–Kier alpha value is -2.55. The van der Waals surface area contributed by atoms with E-state index in [2.05, 4.69) is 54.6 Å². The van der Waals surface area contributed by atoms with Gasteiger partial charge in [-0.25, -0.2) is 4.79 Å². The summed E-state index contributed by atoms with van der Waals surface area (Å²) < 4.78 is 5.45. The summed E-state index contributed by atoms with van der Waals surface area (Å²) in [5.41, 5.74) is 4.63. The lowest BCUT2D eigenvalue weighted by Gasteiger charge is -2.31. The number of benzene rings is 2. The number of nitrogens with zero attached hydrogens (tertiary/aromatic N) is 1. The van der Waals surface area contributed by atoms with E-state index in [-0.39, 0.29) is 6.09 Å². The highest BCUT2D eigenvalue weighted by Gasteiger charge is 2.24. The highest BCUT2D eigenvalue weighted by Crippen LogP contribution is 2.23. The van der Waals surface area contributed by atoms with Crippen LogP contribution in [0.1, 0.15) is 39.2 Å². The molecule has 3 nitrogen and oxygen atoms in total. The highest BCUT2D eigenvalue weighted by molar-refractivity contribution is 5.69. The van der Waals surface area contributed by atoms with Gasteiger partial charge in [0.25, 0.3) is 0 Å². The SMILES string of the molecule is CC(C)(C)OC(=O)N1CCC(=Cc2ccc(-c3ccccc3)cc2)CC1. The lowest BCUT2D eigenvalue weighted by atomic mass is 9.99. The van der Waals surface area contributed by atoms with E-state index in [0.717, 1.165) is 25.9 Å². The minimum Gasteiger partial charge on any atom is -0.444 e.